The molecule has 0 fully saturated rings. The van der Waals surface area contributed by atoms with Gasteiger partial charge in [-0.2, -0.15) is 0 Å². The number of benzene rings is 2. The molecular formula is C19H19F2NO4S. The Balaban J connectivity index is 1.96. The number of methoxy groups -OCH3 is 1. The van der Waals surface area contributed by atoms with Crippen LogP contribution in [-0.4, -0.2) is 31.8 Å². The van der Waals surface area contributed by atoms with Crippen LogP contribution in [0.15, 0.2) is 41.3 Å². The number of rotatable bonds is 7. The Morgan fingerprint density at radius 2 is 1.93 bits per heavy atom. The largest absolute Gasteiger partial charge is 0.496 e. The van der Waals surface area contributed by atoms with Crippen molar-refractivity contribution in [2.75, 3.05) is 20.0 Å². The third kappa shape index (κ3) is 5.43. The number of nitrogens with one attached hydrogen (secondary N) is 1. The molecule has 2 aromatic rings. The Morgan fingerprint density at radius 1 is 1.19 bits per heavy atom. The molecule has 0 aliphatic rings. The molecule has 0 heterocycles. The first kappa shape index (κ1) is 20.7. The highest BCUT2D eigenvalue weighted by molar-refractivity contribution is 7.98. The first-order valence-electron chi connectivity index (χ1n) is 7.99. The number of carbonyl (C=O) groups excluding carboxylic acids is 2. The molecule has 2 rings (SSSR count). The molecule has 1 N–H and O–H groups in total. The quantitative estimate of drug-likeness (QED) is 0.572. The molecule has 5 nitrogen and oxygen atoms in total. The predicted molar refractivity (Wildman–Crippen MR) is 98.0 cm³/mol. The van der Waals surface area contributed by atoms with E-state index in [9.17, 15) is 18.4 Å². The lowest BCUT2D eigenvalue weighted by Crippen LogP contribution is -2.31. The number of carbonyl (C=O) groups is 2. The number of hydrogen-bond donors (Lipinski definition) is 1. The predicted octanol–water partition coefficient (Wildman–Crippen LogP) is 3.73. The minimum absolute atomic E-state index is 0.130. The Morgan fingerprint density at radius 3 is 2.56 bits per heavy atom. The Kier molecular flexibility index (Phi) is 7.18. The molecule has 0 saturated carbocycles. The standard InChI is InChI=1S/C19H19F2NO4S/c1-11(14-6-4-12(20)8-16(14)21)22-18(23)10-26-19(24)15-7-5-13(27-3)9-17(15)25-2/h4-9,11H,10H2,1-3H3,(H,22,23)/t11-/m1/s1. The summed E-state index contributed by atoms with van der Waals surface area (Å²) in [5.41, 5.74) is 0.325. The molecule has 0 aliphatic heterocycles. The third-order valence-corrected chi connectivity index (χ3v) is 4.49. The van der Waals surface area contributed by atoms with Gasteiger partial charge < -0.3 is 14.8 Å². The number of halogens is 2. The van der Waals surface area contributed by atoms with E-state index in [1.165, 1.54) is 24.9 Å². The van der Waals surface area contributed by atoms with E-state index in [1.54, 1.807) is 25.1 Å². The van der Waals surface area contributed by atoms with E-state index in [4.69, 9.17) is 9.47 Å². The maximum absolute atomic E-state index is 13.7. The van der Waals surface area contributed by atoms with Gasteiger partial charge in [-0.15, -0.1) is 11.8 Å². The first-order valence-corrected chi connectivity index (χ1v) is 9.21. The summed E-state index contributed by atoms with van der Waals surface area (Å²) in [6.45, 7) is 1.000. The molecule has 2 aromatic carbocycles. The number of hydrogen-bond acceptors (Lipinski definition) is 5. The summed E-state index contributed by atoms with van der Waals surface area (Å²) in [5.74, 6) is -2.45. The van der Waals surface area contributed by atoms with Crippen LogP contribution in [0.25, 0.3) is 0 Å². The molecule has 144 valence electrons. The van der Waals surface area contributed by atoms with Gasteiger partial charge in [0.1, 0.15) is 22.9 Å². The van der Waals surface area contributed by atoms with Gasteiger partial charge >= 0.3 is 5.97 Å². The van der Waals surface area contributed by atoms with Crippen molar-refractivity contribution in [3.63, 3.8) is 0 Å². The summed E-state index contributed by atoms with van der Waals surface area (Å²) in [6, 6.07) is 7.37. The van der Waals surface area contributed by atoms with Crippen molar-refractivity contribution in [3.8, 4) is 5.75 Å². The molecule has 27 heavy (non-hydrogen) atoms. The van der Waals surface area contributed by atoms with Crippen LogP contribution >= 0.6 is 11.8 Å². The summed E-state index contributed by atoms with van der Waals surface area (Å²) in [7, 11) is 1.43. The maximum atomic E-state index is 13.7. The zero-order valence-electron chi connectivity index (χ0n) is 15.0. The highest BCUT2D eigenvalue weighted by Crippen LogP contribution is 2.26. The van der Waals surface area contributed by atoms with Crippen molar-refractivity contribution >= 4 is 23.6 Å². The fraction of sp³-hybridized carbons (Fsp3) is 0.263. The fourth-order valence-electron chi connectivity index (χ4n) is 2.39. The highest BCUT2D eigenvalue weighted by atomic mass is 32.2. The van der Waals surface area contributed by atoms with Crippen LogP contribution in [0, 0.1) is 11.6 Å². The first-order chi connectivity index (χ1) is 12.8. The topological polar surface area (TPSA) is 64.6 Å². The van der Waals surface area contributed by atoms with E-state index in [2.05, 4.69) is 5.32 Å². The third-order valence-electron chi connectivity index (χ3n) is 3.77. The van der Waals surface area contributed by atoms with Crippen molar-refractivity contribution in [2.45, 2.75) is 17.9 Å². The summed E-state index contributed by atoms with van der Waals surface area (Å²) < 4.78 is 36.9. The molecule has 1 atom stereocenters. The normalized spacial score (nSPS) is 11.6. The van der Waals surface area contributed by atoms with Gasteiger partial charge in [-0.25, -0.2) is 13.6 Å². The average Bonchev–Trinajstić information content (AvgIpc) is 2.65. The zero-order valence-corrected chi connectivity index (χ0v) is 15.9. The summed E-state index contributed by atoms with van der Waals surface area (Å²) in [5, 5.41) is 2.50. The molecule has 0 bridgehead atoms. The number of esters is 1. The van der Waals surface area contributed by atoms with Gasteiger partial charge in [0.05, 0.1) is 13.2 Å². The van der Waals surface area contributed by atoms with Gasteiger partial charge in [-0.05, 0) is 37.4 Å². The average molecular weight is 395 g/mol. The van der Waals surface area contributed by atoms with Crippen LogP contribution in [0.1, 0.15) is 28.9 Å². The summed E-state index contributed by atoms with van der Waals surface area (Å²) in [6.07, 6.45) is 1.89. The number of amides is 1. The van der Waals surface area contributed by atoms with Gasteiger partial charge in [0.15, 0.2) is 6.61 Å². The molecule has 0 saturated heterocycles. The number of thioether (sulfide) groups is 1. The van der Waals surface area contributed by atoms with Gasteiger partial charge in [-0.3, -0.25) is 4.79 Å². The van der Waals surface area contributed by atoms with E-state index in [0.717, 1.165) is 17.0 Å². The molecule has 1 amide bonds. The molecule has 0 radical (unpaired) electrons. The van der Waals surface area contributed by atoms with E-state index >= 15 is 0 Å². The van der Waals surface area contributed by atoms with Crippen molar-refractivity contribution in [2.24, 2.45) is 0 Å². The van der Waals surface area contributed by atoms with E-state index in [-0.39, 0.29) is 11.1 Å². The minimum Gasteiger partial charge on any atom is -0.496 e. The van der Waals surface area contributed by atoms with Crippen molar-refractivity contribution in [1.82, 2.24) is 5.32 Å². The smallest absolute Gasteiger partial charge is 0.342 e. The zero-order chi connectivity index (χ0) is 20.0. The van der Waals surface area contributed by atoms with Gasteiger partial charge in [0.25, 0.3) is 5.91 Å². The molecule has 0 aliphatic carbocycles. The molecular weight excluding hydrogens is 376 g/mol. The van der Waals surface area contributed by atoms with Crippen LogP contribution in [0.3, 0.4) is 0 Å². The minimum atomic E-state index is -0.765. The maximum Gasteiger partial charge on any atom is 0.342 e. The Bertz CT molecular complexity index is 844. The monoisotopic (exact) mass is 395 g/mol. The van der Waals surface area contributed by atoms with Crippen LogP contribution in [0.4, 0.5) is 8.78 Å². The van der Waals surface area contributed by atoms with Crippen molar-refractivity contribution < 1.29 is 27.8 Å². The Labute approximate surface area is 160 Å². The van der Waals surface area contributed by atoms with Gasteiger partial charge in [-0.1, -0.05) is 6.07 Å². The SMILES string of the molecule is COc1cc(SC)ccc1C(=O)OCC(=O)N[C@H](C)c1ccc(F)cc1F. The van der Waals surface area contributed by atoms with Crippen molar-refractivity contribution in [3.05, 3.63) is 59.2 Å². The van der Waals surface area contributed by atoms with Crippen LogP contribution in [0.5, 0.6) is 5.75 Å². The second-order valence-electron chi connectivity index (χ2n) is 5.60. The van der Waals surface area contributed by atoms with E-state index in [1.807, 2.05) is 6.26 Å². The van der Waals surface area contributed by atoms with E-state index < -0.39 is 36.2 Å². The number of ether oxygens (including phenoxy) is 2. The summed E-state index contributed by atoms with van der Waals surface area (Å²) >= 11 is 1.49. The van der Waals surface area contributed by atoms with Gasteiger partial charge in [0, 0.05) is 16.5 Å². The second-order valence-corrected chi connectivity index (χ2v) is 6.48. The lowest BCUT2D eigenvalue weighted by atomic mass is 10.1. The lowest BCUT2D eigenvalue weighted by molar-refractivity contribution is -0.124. The summed E-state index contributed by atoms with van der Waals surface area (Å²) in [4.78, 5) is 25.1. The van der Waals surface area contributed by atoms with Gasteiger partial charge in [0.2, 0.25) is 0 Å². The van der Waals surface area contributed by atoms with Crippen LogP contribution in [-0.2, 0) is 9.53 Å². The van der Waals surface area contributed by atoms with Crippen molar-refractivity contribution in [1.29, 1.82) is 0 Å². The molecule has 8 heteroatoms. The van der Waals surface area contributed by atoms with E-state index in [0.29, 0.717) is 5.75 Å². The fourth-order valence-corrected chi connectivity index (χ4v) is 2.82. The van der Waals surface area contributed by atoms with Crippen LogP contribution in [0.2, 0.25) is 0 Å². The molecule has 0 spiro atoms. The molecule has 0 unspecified atom stereocenters. The molecule has 0 aromatic heterocycles. The lowest BCUT2D eigenvalue weighted by Gasteiger charge is -2.15. The second kappa shape index (κ2) is 9.36. The highest BCUT2D eigenvalue weighted by Gasteiger charge is 2.18. The Hall–Kier alpha value is -2.61. The van der Waals surface area contributed by atoms with Crippen LogP contribution < -0.4 is 10.1 Å².